The van der Waals surface area contributed by atoms with Crippen LogP contribution in [0.2, 0.25) is 0 Å². The summed E-state index contributed by atoms with van der Waals surface area (Å²) in [6.07, 6.45) is 0. The van der Waals surface area contributed by atoms with Crippen LogP contribution in [-0.2, 0) is 21.1 Å². The molecule has 0 aliphatic carbocycles. The SMILES string of the molecule is CC(C)[CH](O)[Ta]. The van der Waals surface area contributed by atoms with Crippen LogP contribution in [0.3, 0.4) is 0 Å². The maximum absolute atomic E-state index is 8.68. The zero-order valence-electron chi connectivity index (χ0n) is 4.05. The molecule has 0 saturated heterocycles. The molecule has 0 saturated carbocycles. The monoisotopic (exact) mass is 254 g/mol. The molecule has 1 N–H and O–H groups in total. The van der Waals surface area contributed by atoms with E-state index in [1.165, 1.54) is 0 Å². The summed E-state index contributed by atoms with van der Waals surface area (Å²) >= 11 is 1.09. The number of aliphatic hydroxyl groups excluding tert-OH is 1. The average Bonchev–Trinajstić information content (AvgIpc) is 1.36. The van der Waals surface area contributed by atoms with Gasteiger partial charge >= 0.3 is 50.3 Å². The van der Waals surface area contributed by atoms with E-state index in [-0.39, 0.29) is 4.32 Å². The first kappa shape index (κ1) is 6.70. The molecule has 0 amide bonds. The van der Waals surface area contributed by atoms with Crippen molar-refractivity contribution < 1.29 is 26.2 Å². The van der Waals surface area contributed by atoms with Crippen LogP contribution in [0, 0.1) is 5.92 Å². The van der Waals surface area contributed by atoms with Gasteiger partial charge in [-0.15, -0.1) is 0 Å². The fourth-order valence-electron chi connectivity index (χ4n) is 0. The fourth-order valence-corrected chi connectivity index (χ4v) is 0. The van der Waals surface area contributed by atoms with Gasteiger partial charge in [0, 0.05) is 0 Å². The van der Waals surface area contributed by atoms with Crippen LogP contribution in [0.4, 0.5) is 0 Å². The van der Waals surface area contributed by atoms with Gasteiger partial charge in [0.1, 0.15) is 0 Å². The van der Waals surface area contributed by atoms with Gasteiger partial charge < -0.3 is 0 Å². The number of rotatable bonds is 1. The summed E-state index contributed by atoms with van der Waals surface area (Å²) in [5.74, 6) is 0.457. The van der Waals surface area contributed by atoms with E-state index in [4.69, 9.17) is 5.11 Å². The molecule has 0 aromatic heterocycles. The number of hydrogen-bond donors (Lipinski definition) is 1. The Morgan fingerprint density at radius 1 is 1.50 bits per heavy atom. The molecule has 1 nitrogen and oxygen atoms in total. The van der Waals surface area contributed by atoms with Gasteiger partial charge in [0.2, 0.25) is 0 Å². The van der Waals surface area contributed by atoms with Gasteiger partial charge in [-0.25, -0.2) is 0 Å². The Labute approximate surface area is 50.7 Å². The van der Waals surface area contributed by atoms with Gasteiger partial charge in [-0.3, -0.25) is 0 Å². The Bertz CT molecular complexity index is 28.5. The molecule has 0 heterocycles. The third-order valence-corrected chi connectivity index (χ3v) is 2.74. The standard InChI is InChI=1S/C4H9O.Ta/c1-4(2)3-5;/h3-5H,1-2H3;. The Kier molecular flexibility index (Phi) is 3.13. The molecule has 0 fully saturated rings. The normalized spacial score (nSPS) is 15.3. The van der Waals surface area contributed by atoms with Gasteiger partial charge in [-0.2, -0.15) is 0 Å². The van der Waals surface area contributed by atoms with Crippen molar-refractivity contribution in [3.63, 3.8) is 0 Å². The quantitative estimate of drug-likeness (QED) is 0.722. The van der Waals surface area contributed by atoms with E-state index >= 15 is 0 Å². The molecule has 2 heteroatoms. The summed E-state index contributed by atoms with van der Waals surface area (Å²) in [5.41, 5.74) is 0. The van der Waals surface area contributed by atoms with Crippen molar-refractivity contribution in [3.05, 3.63) is 0 Å². The van der Waals surface area contributed by atoms with Crippen LogP contribution in [0.25, 0.3) is 0 Å². The Morgan fingerprint density at radius 3 is 1.67 bits per heavy atom. The Balaban J connectivity index is 2.99. The zero-order chi connectivity index (χ0) is 5.15. The average molecular weight is 254 g/mol. The van der Waals surface area contributed by atoms with Gasteiger partial charge in [-0.1, -0.05) is 0 Å². The summed E-state index contributed by atoms with van der Waals surface area (Å²) < 4.78 is -0.0370. The summed E-state index contributed by atoms with van der Waals surface area (Å²) in [6.45, 7) is 4.04. The topological polar surface area (TPSA) is 20.2 Å². The van der Waals surface area contributed by atoms with E-state index in [9.17, 15) is 0 Å². The van der Waals surface area contributed by atoms with Crippen molar-refractivity contribution in [2.24, 2.45) is 5.92 Å². The molecular weight excluding hydrogens is 245 g/mol. The molecule has 1 atom stereocenters. The van der Waals surface area contributed by atoms with Crippen LogP contribution in [0.5, 0.6) is 0 Å². The first-order valence-corrected chi connectivity index (χ1v) is 3.86. The van der Waals surface area contributed by atoms with Crippen LogP contribution in [0.15, 0.2) is 0 Å². The van der Waals surface area contributed by atoms with Crippen LogP contribution >= 0.6 is 0 Å². The zero-order valence-corrected chi connectivity index (χ0v) is 7.26. The molecule has 6 heavy (non-hydrogen) atoms. The number of hydrogen-bond acceptors (Lipinski definition) is 1. The first-order chi connectivity index (χ1) is 2.64. The minimum atomic E-state index is -0.0370. The molecule has 0 aromatic carbocycles. The van der Waals surface area contributed by atoms with Crippen LogP contribution in [-0.4, -0.2) is 9.43 Å². The molecular formula is C4H9OTa. The van der Waals surface area contributed by atoms with E-state index in [0.717, 1.165) is 21.1 Å². The predicted octanol–water partition coefficient (Wildman–Crippen LogP) is 0.508. The van der Waals surface area contributed by atoms with Crippen LogP contribution in [0.1, 0.15) is 13.8 Å². The van der Waals surface area contributed by atoms with Crippen molar-refractivity contribution in [3.8, 4) is 0 Å². The molecule has 0 rings (SSSR count). The Hall–Kier alpha value is 0.700. The second kappa shape index (κ2) is 2.81. The van der Waals surface area contributed by atoms with E-state index in [1.54, 1.807) is 0 Å². The molecule has 0 aliphatic rings. The molecule has 1 unspecified atom stereocenters. The van der Waals surface area contributed by atoms with Crippen molar-refractivity contribution >= 4 is 0 Å². The third-order valence-electron chi connectivity index (χ3n) is 0.596. The van der Waals surface area contributed by atoms with E-state index in [2.05, 4.69) is 0 Å². The fraction of sp³-hybridized carbons (Fsp3) is 1.00. The second-order valence-electron chi connectivity index (χ2n) is 1.66. The van der Waals surface area contributed by atoms with E-state index in [1.807, 2.05) is 13.8 Å². The van der Waals surface area contributed by atoms with Crippen molar-refractivity contribution in [2.75, 3.05) is 0 Å². The summed E-state index contributed by atoms with van der Waals surface area (Å²) in [6, 6.07) is 0. The van der Waals surface area contributed by atoms with Gasteiger partial charge in [0.05, 0.1) is 0 Å². The molecule has 0 aliphatic heterocycles. The van der Waals surface area contributed by atoms with Gasteiger partial charge in [0.25, 0.3) is 0 Å². The summed E-state index contributed by atoms with van der Waals surface area (Å²) in [5, 5.41) is 8.68. The third kappa shape index (κ3) is 2.91. The molecule has 36 valence electrons. The molecule has 0 spiro atoms. The van der Waals surface area contributed by atoms with E-state index in [0.29, 0.717) is 5.92 Å². The predicted molar refractivity (Wildman–Crippen MR) is 20.8 cm³/mol. The minimum absolute atomic E-state index is 0.0370. The first-order valence-electron chi connectivity index (χ1n) is 2.00. The molecule has 0 aromatic rings. The molecule has 0 bridgehead atoms. The summed E-state index contributed by atoms with van der Waals surface area (Å²) in [4.78, 5) is 0. The molecule has 0 radical (unpaired) electrons. The maximum atomic E-state index is 8.68. The van der Waals surface area contributed by atoms with Crippen molar-refractivity contribution in [1.29, 1.82) is 0 Å². The van der Waals surface area contributed by atoms with E-state index < -0.39 is 0 Å². The summed E-state index contributed by atoms with van der Waals surface area (Å²) in [7, 11) is 0. The van der Waals surface area contributed by atoms with Gasteiger partial charge in [-0.05, 0) is 0 Å². The van der Waals surface area contributed by atoms with Crippen molar-refractivity contribution in [2.45, 2.75) is 18.2 Å². The van der Waals surface area contributed by atoms with Crippen molar-refractivity contribution in [1.82, 2.24) is 0 Å². The Morgan fingerprint density at radius 2 is 1.67 bits per heavy atom. The number of aliphatic hydroxyl groups is 1. The second-order valence-corrected chi connectivity index (χ2v) is 3.56. The van der Waals surface area contributed by atoms with Crippen LogP contribution < -0.4 is 0 Å². The van der Waals surface area contributed by atoms with Gasteiger partial charge in [0.15, 0.2) is 0 Å².